The molecule has 1 amide bonds. The lowest BCUT2D eigenvalue weighted by Gasteiger charge is -2.09. The molecule has 94 valence electrons. The van der Waals surface area contributed by atoms with Crippen LogP contribution in [0.15, 0.2) is 31.7 Å². The Hall–Kier alpha value is -0.860. The van der Waals surface area contributed by atoms with Gasteiger partial charge in [-0.1, -0.05) is 15.9 Å². The smallest absolute Gasteiger partial charge is 0.275 e. The fraction of sp³-hybridized carbons (Fsp3) is 0. The molecule has 0 saturated heterocycles. The predicted molar refractivity (Wildman–Crippen MR) is 80.5 cm³/mol. The van der Waals surface area contributed by atoms with Gasteiger partial charge in [0.25, 0.3) is 5.91 Å². The Bertz CT molecular complexity index is 588. The topological polar surface area (TPSA) is 83.8 Å². The first kappa shape index (κ1) is 13.6. The number of nitrogens with two attached hydrogens (primary N) is 1. The monoisotopic (exact) mass is 436 g/mol. The van der Waals surface area contributed by atoms with Crippen molar-refractivity contribution in [2.75, 3.05) is 11.1 Å². The summed E-state index contributed by atoms with van der Waals surface area (Å²) in [5, 5.41) is 8.99. The molecule has 1 heterocycles. The number of hydrogen-bond donors (Lipinski definition) is 3. The van der Waals surface area contributed by atoms with Gasteiger partial charge in [0.2, 0.25) is 0 Å². The molecule has 5 nitrogen and oxygen atoms in total. The first-order chi connectivity index (χ1) is 8.49. The van der Waals surface area contributed by atoms with Crippen LogP contribution >= 0.6 is 47.8 Å². The van der Waals surface area contributed by atoms with Crippen LogP contribution in [0.1, 0.15) is 10.5 Å². The molecule has 1 aromatic heterocycles. The van der Waals surface area contributed by atoms with Crippen molar-refractivity contribution >= 4 is 65.1 Å². The zero-order valence-electron chi connectivity index (χ0n) is 8.80. The third-order valence-corrected chi connectivity index (χ3v) is 3.85. The summed E-state index contributed by atoms with van der Waals surface area (Å²) in [4.78, 5) is 12.0. The average Bonchev–Trinajstić information content (AvgIpc) is 2.69. The van der Waals surface area contributed by atoms with E-state index in [2.05, 4.69) is 63.3 Å². The molecule has 0 fully saturated rings. The molecular formula is C10H7Br3N4O. The number of aromatic nitrogens is 2. The van der Waals surface area contributed by atoms with Gasteiger partial charge in [0.05, 0.1) is 17.6 Å². The zero-order chi connectivity index (χ0) is 13.3. The average molecular weight is 439 g/mol. The van der Waals surface area contributed by atoms with Gasteiger partial charge in [0, 0.05) is 13.4 Å². The highest BCUT2D eigenvalue weighted by molar-refractivity contribution is 9.11. The van der Waals surface area contributed by atoms with Gasteiger partial charge in [-0.05, 0) is 44.0 Å². The maximum atomic E-state index is 12.0. The summed E-state index contributed by atoms with van der Waals surface area (Å²) < 4.78 is 2.38. The summed E-state index contributed by atoms with van der Waals surface area (Å²) in [6, 6.07) is 3.66. The van der Waals surface area contributed by atoms with Crippen LogP contribution in [0.2, 0.25) is 0 Å². The van der Waals surface area contributed by atoms with E-state index in [9.17, 15) is 4.79 Å². The van der Waals surface area contributed by atoms with Gasteiger partial charge in [-0.25, -0.2) is 0 Å². The molecule has 1 aromatic carbocycles. The van der Waals surface area contributed by atoms with E-state index in [0.717, 1.165) is 13.4 Å². The van der Waals surface area contributed by atoms with Crippen molar-refractivity contribution < 1.29 is 4.79 Å². The predicted octanol–water partition coefficient (Wildman–Crippen LogP) is 3.53. The third-order valence-electron chi connectivity index (χ3n) is 2.14. The molecule has 0 saturated carbocycles. The Labute approximate surface area is 128 Å². The van der Waals surface area contributed by atoms with E-state index < -0.39 is 0 Å². The highest BCUT2D eigenvalue weighted by Crippen LogP contribution is 2.34. The normalized spacial score (nSPS) is 10.4. The van der Waals surface area contributed by atoms with Crippen molar-refractivity contribution in [3.05, 3.63) is 37.4 Å². The van der Waals surface area contributed by atoms with Crippen LogP contribution in [0.5, 0.6) is 0 Å². The van der Waals surface area contributed by atoms with Crippen LogP contribution in [-0.4, -0.2) is 16.1 Å². The maximum absolute atomic E-state index is 12.0. The third kappa shape index (κ3) is 2.76. The Balaban J connectivity index is 2.31. The van der Waals surface area contributed by atoms with E-state index in [-0.39, 0.29) is 11.6 Å². The molecule has 0 aliphatic heterocycles. The molecule has 2 aromatic rings. The van der Waals surface area contributed by atoms with E-state index >= 15 is 0 Å². The summed E-state index contributed by atoms with van der Waals surface area (Å²) in [5.41, 5.74) is 6.77. The molecule has 8 heteroatoms. The Morgan fingerprint density at radius 1 is 1.28 bits per heavy atom. The number of H-pyrrole nitrogens is 1. The lowest BCUT2D eigenvalue weighted by atomic mass is 10.3. The number of carbonyl (C=O) groups is 1. The number of amides is 1. The molecular weight excluding hydrogens is 432 g/mol. The van der Waals surface area contributed by atoms with Crippen molar-refractivity contribution in [3.8, 4) is 0 Å². The van der Waals surface area contributed by atoms with Crippen LogP contribution in [0.25, 0.3) is 0 Å². The lowest BCUT2D eigenvalue weighted by Crippen LogP contribution is -2.15. The summed E-state index contributed by atoms with van der Waals surface area (Å²) in [7, 11) is 0. The minimum absolute atomic E-state index is 0.233. The molecule has 0 bridgehead atoms. The second-order valence-corrected chi connectivity index (χ2v) is 6.02. The molecule has 0 aliphatic carbocycles. The molecule has 0 unspecified atom stereocenters. The number of nitrogens with zero attached hydrogens (tertiary/aromatic N) is 1. The first-order valence-corrected chi connectivity index (χ1v) is 7.11. The van der Waals surface area contributed by atoms with Gasteiger partial charge in [0.15, 0.2) is 0 Å². The van der Waals surface area contributed by atoms with E-state index in [1.54, 1.807) is 0 Å². The van der Waals surface area contributed by atoms with E-state index in [1.807, 2.05) is 12.1 Å². The molecule has 4 N–H and O–H groups in total. The van der Waals surface area contributed by atoms with Crippen LogP contribution in [0, 0.1) is 0 Å². The molecule has 0 radical (unpaired) electrons. The summed E-state index contributed by atoms with van der Waals surface area (Å²) in [5.74, 6) is -0.353. The number of anilines is 2. The second-order valence-electron chi connectivity index (χ2n) is 3.40. The summed E-state index contributed by atoms with van der Waals surface area (Å²) in [6.07, 6.45) is 1.39. The quantitative estimate of drug-likeness (QED) is 0.670. The maximum Gasteiger partial charge on any atom is 0.275 e. The van der Waals surface area contributed by atoms with Gasteiger partial charge in [-0.3, -0.25) is 9.89 Å². The van der Waals surface area contributed by atoms with Gasteiger partial charge in [-0.15, -0.1) is 0 Å². The van der Waals surface area contributed by atoms with Crippen LogP contribution in [0.3, 0.4) is 0 Å². The largest absolute Gasteiger partial charge is 0.396 e. The van der Waals surface area contributed by atoms with E-state index in [4.69, 9.17) is 5.73 Å². The van der Waals surface area contributed by atoms with Crippen molar-refractivity contribution in [2.45, 2.75) is 0 Å². The molecule has 0 atom stereocenters. The first-order valence-electron chi connectivity index (χ1n) is 4.73. The fourth-order valence-corrected chi connectivity index (χ4v) is 3.77. The van der Waals surface area contributed by atoms with Gasteiger partial charge in [0.1, 0.15) is 5.69 Å². The number of hydrogen-bond acceptors (Lipinski definition) is 3. The van der Waals surface area contributed by atoms with Gasteiger partial charge in [-0.2, -0.15) is 5.10 Å². The van der Waals surface area contributed by atoms with Crippen molar-refractivity contribution in [1.29, 1.82) is 0 Å². The van der Waals surface area contributed by atoms with Gasteiger partial charge >= 0.3 is 0 Å². The van der Waals surface area contributed by atoms with Crippen LogP contribution in [-0.2, 0) is 0 Å². The van der Waals surface area contributed by atoms with Crippen LogP contribution < -0.4 is 11.1 Å². The summed E-state index contributed by atoms with van der Waals surface area (Å²) in [6.45, 7) is 0. The van der Waals surface area contributed by atoms with Crippen molar-refractivity contribution in [2.24, 2.45) is 0 Å². The molecule has 0 spiro atoms. The van der Waals surface area contributed by atoms with Gasteiger partial charge < -0.3 is 11.1 Å². The fourth-order valence-electron chi connectivity index (χ4n) is 1.31. The zero-order valence-corrected chi connectivity index (χ0v) is 13.6. The lowest BCUT2D eigenvalue weighted by molar-refractivity contribution is 0.102. The highest BCUT2D eigenvalue weighted by Gasteiger charge is 2.15. The number of carbonyl (C=O) groups excluding carboxylic acids is 1. The second kappa shape index (κ2) is 5.41. The minimum Gasteiger partial charge on any atom is -0.396 e. The Kier molecular flexibility index (Phi) is 4.08. The number of benzene rings is 1. The number of aromatic amines is 1. The SMILES string of the molecule is Nc1cn[nH]c1C(=O)Nc1c(Br)cc(Br)cc1Br. The Morgan fingerprint density at radius 2 is 1.89 bits per heavy atom. The van der Waals surface area contributed by atoms with Crippen molar-refractivity contribution in [3.63, 3.8) is 0 Å². The summed E-state index contributed by atoms with van der Waals surface area (Å²) >= 11 is 10.1. The molecule has 18 heavy (non-hydrogen) atoms. The van der Waals surface area contributed by atoms with E-state index in [1.165, 1.54) is 6.20 Å². The molecule has 0 aliphatic rings. The Morgan fingerprint density at radius 3 is 2.39 bits per heavy atom. The highest BCUT2D eigenvalue weighted by atomic mass is 79.9. The minimum atomic E-state index is -0.353. The number of halogens is 3. The standard InChI is InChI=1S/C10H7Br3N4O/c11-4-1-5(12)8(6(13)2-4)16-10(18)9-7(14)3-15-17-9/h1-3H,14H2,(H,15,17)(H,16,18). The van der Waals surface area contributed by atoms with Crippen molar-refractivity contribution in [1.82, 2.24) is 10.2 Å². The number of rotatable bonds is 2. The van der Waals surface area contributed by atoms with E-state index in [0.29, 0.717) is 11.4 Å². The number of nitrogens with one attached hydrogen (secondary N) is 2. The van der Waals surface area contributed by atoms with Crippen LogP contribution in [0.4, 0.5) is 11.4 Å². The number of nitrogen functional groups attached to an aromatic ring is 1. The molecule has 2 rings (SSSR count).